The molecule has 0 heterocycles. The molecule has 0 spiro atoms. The summed E-state index contributed by atoms with van der Waals surface area (Å²) in [6.45, 7) is 9.12. The second kappa shape index (κ2) is 6.85. The van der Waals surface area contributed by atoms with Gasteiger partial charge in [0.25, 0.3) is 0 Å². The van der Waals surface area contributed by atoms with Crippen LogP contribution in [0.3, 0.4) is 0 Å². The van der Waals surface area contributed by atoms with Crippen molar-refractivity contribution in [2.45, 2.75) is 20.0 Å². The summed E-state index contributed by atoms with van der Waals surface area (Å²) >= 11 is 0. The molecular formula is C9H16NO2. The van der Waals surface area contributed by atoms with Crippen LogP contribution in [0.4, 0.5) is 0 Å². The Morgan fingerprint density at radius 3 is 2.75 bits per heavy atom. The molecule has 0 fully saturated rings. The fourth-order valence-electron chi connectivity index (χ4n) is 0.729. The van der Waals surface area contributed by atoms with Crippen LogP contribution < -0.4 is 0 Å². The van der Waals surface area contributed by atoms with Crippen molar-refractivity contribution in [2.75, 3.05) is 19.7 Å². The van der Waals surface area contributed by atoms with Crippen molar-refractivity contribution >= 4 is 6.41 Å². The number of rotatable bonds is 7. The van der Waals surface area contributed by atoms with Gasteiger partial charge in [0, 0.05) is 13.1 Å². The first-order chi connectivity index (χ1) is 5.70. The number of nitrogens with zero attached hydrogens (tertiary/aromatic N) is 1. The van der Waals surface area contributed by atoms with Gasteiger partial charge in [-0.1, -0.05) is 6.08 Å². The molecule has 1 amide bonds. The van der Waals surface area contributed by atoms with Crippen molar-refractivity contribution in [3.8, 4) is 0 Å². The first kappa shape index (κ1) is 11.2. The summed E-state index contributed by atoms with van der Waals surface area (Å²) in [5, 5.41) is 0. The third-order valence-electron chi connectivity index (χ3n) is 1.29. The molecule has 0 aromatic rings. The van der Waals surface area contributed by atoms with Crippen molar-refractivity contribution < 1.29 is 9.53 Å². The lowest BCUT2D eigenvalue weighted by Crippen LogP contribution is -2.27. The lowest BCUT2D eigenvalue weighted by Gasteiger charge is -2.14. The summed E-state index contributed by atoms with van der Waals surface area (Å²) in [6, 6.07) is 0. The van der Waals surface area contributed by atoms with Gasteiger partial charge in [-0.15, -0.1) is 6.58 Å². The molecule has 0 aliphatic carbocycles. The van der Waals surface area contributed by atoms with Gasteiger partial charge in [-0.25, -0.2) is 0 Å². The molecule has 0 aliphatic heterocycles. The summed E-state index contributed by atoms with van der Waals surface area (Å²) in [5.74, 6) is 0. The maximum absolute atomic E-state index is 10.3. The minimum absolute atomic E-state index is 0.210. The first-order valence-corrected chi connectivity index (χ1v) is 4.06. The van der Waals surface area contributed by atoms with Crippen LogP contribution in [0.5, 0.6) is 0 Å². The van der Waals surface area contributed by atoms with Gasteiger partial charge in [0.2, 0.25) is 0 Å². The maximum atomic E-state index is 10.3. The number of carbonyl (C=O) groups excluding carboxylic acids is 1. The van der Waals surface area contributed by atoms with Crippen LogP contribution >= 0.6 is 0 Å². The quantitative estimate of drug-likeness (QED) is 0.421. The summed E-state index contributed by atoms with van der Waals surface area (Å²) < 4.78 is 5.27. The highest BCUT2D eigenvalue weighted by molar-refractivity contribution is 5.48. The molecule has 0 N–H and O–H groups in total. The standard InChI is InChI=1S/C9H16NO2/c1-4-5-10(8-11)6-7-12-9(2)3/h4,9H,1,5-7H2,2-3H3. The van der Waals surface area contributed by atoms with Crippen molar-refractivity contribution in [1.82, 2.24) is 4.90 Å². The van der Waals surface area contributed by atoms with E-state index >= 15 is 0 Å². The Morgan fingerprint density at radius 1 is 1.67 bits per heavy atom. The van der Waals surface area contributed by atoms with Crippen LogP contribution in [0.15, 0.2) is 12.7 Å². The molecule has 12 heavy (non-hydrogen) atoms. The van der Waals surface area contributed by atoms with E-state index < -0.39 is 0 Å². The highest BCUT2D eigenvalue weighted by Crippen LogP contribution is 1.89. The zero-order valence-electron chi connectivity index (χ0n) is 7.75. The van der Waals surface area contributed by atoms with Crippen LogP contribution in [-0.4, -0.2) is 37.1 Å². The molecule has 3 heteroatoms. The fourth-order valence-corrected chi connectivity index (χ4v) is 0.729. The molecule has 0 atom stereocenters. The van der Waals surface area contributed by atoms with E-state index in [0.717, 1.165) is 0 Å². The van der Waals surface area contributed by atoms with Gasteiger partial charge < -0.3 is 9.64 Å². The molecule has 3 nitrogen and oxygen atoms in total. The van der Waals surface area contributed by atoms with Gasteiger partial charge in [0.05, 0.1) is 12.7 Å². The molecule has 0 aliphatic rings. The van der Waals surface area contributed by atoms with Crippen LogP contribution in [0, 0.1) is 0 Å². The van der Waals surface area contributed by atoms with E-state index in [0.29, 0.717) is 19.7 Å². The van der Waals surface area contributed by atoms with Crippen LogP contribution in [0.1, 0.15) is 13.8 Å². The van der Waals surface area contributed by atoms with Gasteiger partial charge in [-0.3, -0.25) is 4.79 Å². The predicted octanol–water partition coefficient (Wildman–Crippen LogP) is 0.967. The van der Waals surface area contributed by atoms with E-state index in [4.69, 9.17) is 4.74 Å². The predicted molar refractivity (Wildman–Crippen MR) is 48.6 cm³/mol. The van der Waals surface area contributed by atoms with E-state index in [1.54, 1.807) is 6.08 Å². The normalized spacial score (nSPS) is 9.92. The molecule has 0 bridgehead atoms. The van der Waals surface area contributed by atoms with Crippen molar-refractivity contribution in [2.24, 2.45) is 0 Å². The number of ether oxygens (including phenoxy) is 1. The Balaban J connectivity index is 3.44. The second-order valence-corrected chi connectivity index (χ2v) is 2.75. The van der Waals surface area contributed by atoms with Gasteiger partial charge >= 0.3 is 6.41 Å². The summed E-state index contributed by atoms with van der Waals surface area (Å²) in [4.78, 5) is 11.8. The Morgan fingerprint density at radius 2 is 2.33 bits per heavy atom. The Bertz CT molecular complexity index is 134. The van der Waals surface area contributed by atoms with E-state index in [1.165, 1.54) is 4.90 Å². The maximum Gasteiger partial charge on any atom is 0.312 e. The smallest absolute Gasteiger partial charge is 0.312 e. The molecule has 0 saturated heterocycles. The largest absolute Gasteiger partial charge is 0.377 e. The zero-order chi connectivity index (χ0) is 9.40. The van der Waals surface area contributed by atoms with Crippen molar-refractivity contribution in [3.05, 3.63) is 12.7 Å². The molecule has 1 radical (unpaired) electrons. The summed E-state index contributed by atoms with van der Waals surface area (Å²) in [6.07, 6.45) is 3.69. The van der Waals surface area contributed by atoms with Crippen LogP contribution in [0.25, 0.3) is 0 Å². The average molecular weight is 170 g/mol. The van der Waals surface area contributed by atoms with Crippen LogP contribution in [0.2, 0.25) is 0 Å². The van der Waals surface area contributed by atoms with Crippen molar-refractivity contribution in [1.29, 1.82) is 0 Å². The fraction of sp³-hybridized carbons (Fsp3) is 0.667. The second-order valence-electron chi connectivity index (χ2n) is 2.75. The minimum Gasteiger partial charge on any atom is -0.377 e. The highest BCUT2D eigenvalue weighted by Gasteiger charge is 2.00. The Labute approximate surface area is 74.0 Å². The molecule has 69 valence electrons. The summed E-state index contributed by atoms with van der Waals surface area (Å²) in [5.41, 5.74) is 0. The minimum atomic E-state index is 0.210. The van der Waals surface area contributed by atoms with E-state index in [2.05, 4.69) is 6.58 Å². The number of hydrogen-bond donors (Lipinski definition) is 0. The number of hydrogen-bond acceptors (Lipinski definition) is 2. The third-order valence-corrected chi connectivity index (χ3v) is 1.29. The van der Waals surface area contributed by atoms with Gasteiger partial charge in [0.1, 0.15) is 0 Å². The SMILES string of the molecule is C=CCN([C]=O)CCOC(C)C. The van der Waals surface area contributed by atoms with E-state index in [1.807, 2.05) is 20.3 Å². The molecule has 0 rings (SSSR count). The Kier molecular flexibility index (Phi) is 6.38. The molecule has 0 saturated carbocycles. The van der Waals surface area contributed by atoms with Gasteiger partial charge in [-0.05, 0) is 13.8 Å². The summed E-state index contributed by atoms with van der Waals surface area (Å²) in [7, 11) is 0. The van der Waals surface area contributed by atoms with E-state index in [-0.39, 0.29) is 6.10 Å². The first-order valence-electron chi connectivity index (χ1n) is 4.06. The van der Waals surface area contributed by atoms with Gasteiger partial charge in [0.15, 0.2) is 0 Å². The molecule has 0 unspecified atom stereocenters. The molecular weight excluding hydrogens is 154 g/mol. The lowest BCUT2D eigenvalue weighted by atomic mass is 10.4. The molecule has 0 aromatic carbocycles. The van der Waals surface area contributed by atoms with Crippen molar-refractivity contribution in [3.63, 3.8) is 0 Å². The molecule has 0 aromatic heterocycles. The monoisotopic (exact) mass is 170 g/mol. The average Bonchev–Trinajstić information content (AvgIpc) is 2.02. The van der Waals surface area contributed by atoms with Gasteiger partial charge in [-0.2, -0.15) is 0 Å². The highest BCUT2D eigenvalue weighted by atomic mass is 16.5. The topological polar surface area (TPSA) is 29.5 Å². The lowest BCUT2D eigenvalue weighted by molar-refractivity contribution is 0.0707. The van der Waals surface area contributed by atoms with Crippen LogP contribution in [-0.2, 0) is 9.53 Å². The third kappa shape index (κ3) is 5.92. The Hall–Kier alpha value is -0.830. The van der Waals surface area contributed by atoms with E-state index in [9.17, 15) is 4.79 Å². The zero-order valence-corrected chi connectivity index (χ0v) is 7.75. The number of amides is 1.